The molecule has 0 radical (unpaired) electrons. The van der Waals surface area contributed by atoms with Gasteiger partial charge >= 0.3 is 6.18 Å². The molecule has 1 heterocycles. The number of rotatable bonds is 7. The minimum atomic E-state index is -4.36. The average Bonchev–Trinajstić information content (AvgIpc) is 3.01. The Morgan fingerprint density at radius 1 is 1.35 bits per heavy atom. The molecule has 1 aromatic rings. The van der Waals surface area contributed by atoms with E-state index >= 15 is 0 Å². The summed E-state index contributed by atoms with van der Waals surface area (Å²) in [5.41, 5.74) is 0.832. The van der Waals surface area contributed by atoms with E-state index in [9.17, 15) is 21.6 Å². The van der Waals surface area contributed by atoms with E-state index in [4.69, 9.17) is 0 Å². The number of hydrogen-bond acceptors (Lipinski definition) is 4. The molecule has 1 aliphatic carbocycles. The Balaban J connectivity index is 1.87. The predicted octanol–water partition coefficient (Wildman–Crippen LogP) is 2.23. The van der Waals surface area contributed by atoms with Crippen molar-refractivity contribution in [3.05, 3.63) is 17.0 Å². The zero-order valence-corrected chi connectivity index (χ0v) is 12.2. The van der Waals surface area contributed by atoms with Crippen LogP contribution in [0.25, 0.3) is 0 Å². The molecule has 0 aliphatic heterocycles. The van der Waals surface area contributed by atoms with Gasteiger partial charge in [0.1, 0.15) is 4.21 Å². The second kappa shape index (κ2) is 6.00. The van der Waals surface area contributed by atoms with E-state index < -0.39 is 29.2 Å². The van der Waals surface area contributed by atoms with Gasteiger partial charge in [0.05, 0.1) is 6.42 Å². The Morgan fingerprint density at radius 2 is 2.05 bits per heavy atom. The number of hydrogen-bond donors (Lipinski definition) is 2. The maximum absolute atomic E-state index is 12.0. The van der Waals surface area contributed by atoms with E-state index in [0.29, 0.717) is 12.6 Å². The summed E-state index contributed by atoms with van der Waals surface area (Å²) in [6.45, 7) is -0.0569. The lowest BCUT2D eigenvalue weighted by Crippen LogP contribution is -2.27. The number of nitrogens with one attached hydrogen (secondary N) is 2. The third kappa shape index (κ3) is 5.04. The van der Waals surface area contributed by atoms with Crippen LogP contribution < -0.4 is 10.0 Å². The minimum absolute atomic E-state index is 0.0484. The van der Waals surface area contributed by atoms with Crippen molar-refractivity contribution in [2.75, 3.05) is 6.54 Å². The number of sulfonamides is 1. The van der Waals surface area contributed by atoms with E-state index in [0.717, 1.165) is 29.7 Å². The fourth-order valence-electron chi connectivity index (χ4n) is 1.53. The summed E-state index contributed by atoms with van der Waals surface area (Å²) >= 11 is 1.01. The smallest absolute Gasteiger partial charge is 0.310 e. The molecule has 9 heteroatoms. The van der Waals surface area contributed by atoms with Crippen molar-refractivity contribution < 1.29 is 21.6 Å². The summed E-state index contributed by atoms with van der Waals surface area (Å²) in [6, 6.07) is 2.01. The first-order chi connectivity index (χ1) is 9.26. The Kier molecular flexibility index (Phi) is 4.73. The molecule has 0 unspecified atom stereocenters. The molecule has 1 aliphatic rings. The molecule has 0 amide bonds. The van der Waals surface area contributed by atoms with Crippen LogP contribution in [0.4, 0.5) is 13.2 Å². The van der Waals surface area contributed by atoms with Crippen molar-refractivity contribution in [1.82, 2.24) is 10.0 Å². The summed E-state index contributed by atoms with van der Waals surface area (Å²) in [7, 11) is -3.84. The van der Waals surface area contributed by atoms with Crippen molar-refractivity contribution in [3.63, 3.8) is 0 Å². The highest BCUT2D eigenvalue weighted by Crippen LogP contribution is 2.23. The molecule has 2 rings (SSSR count). The Bertz CT molecular complexity index is 550. The lowest BCUT2D eigenvalue weighted by atomic mass is 10.3. The third-order valence-electron chi connectivity index (χ3n) is 2.77. The summed E-state index contributed by atoms with van der Waals surface area (Å²) < 4.78 is 61.5. The van der Waals surface area contributed by atoms with Gasteiger partial charge in [-0.1, -0.05) is 0 Å². The van der Waals surface area contributed by atoms with E-state index in [-0.39, 0.29) is 4.21 Å². The van der Waals surface area contributed by atoms with E-state index in [2.05, 4.69) is 5.32 Å². The zero-order chi connectivity index (χ0) is 14.8. The van der Waals surface area contributed by atoms with Gasteiger partial charge in [-0.2, -0.15) is 13.2 Å². The average molecular weight is 328 g/mol. The molecule has 4 nitrogen and oxygen atoms in total. The van der Waals surface area contributed by atoms with Crippen molar-refractivity contribution in [2.24, 2.45) is 0 Å². The first-order valence-electron chi connectivity index (χ1n) is 6.13. The van der Waals surface area contributed by atoms with Gasteiger partial charge in [0.25, 0.3) is 0 Å². The molecule has 20 heavy (non-hydrogen) atoms. The van der Waals surface area contributed by atoms with Crippen molar-refractivity contribution in [1.29, 1.82) is 0 Å². The molecule has 2 N–H and O–H groups in total. The highest BCUT2D eigenvalue weighted by molar-refractivity contribution is 7.91. The lowest BCUT2D eigenvalue weighted by molar-refractivity contribution is -0.132. The summed E-state index contributed by atoms with van der Waals surface area (Å²) in [5, 5.41) is 4.95. The summed E-state index contributed by atoms with van der Waals surface area (Å²) in [6.07, 6.45) is -3.27. The zero-order valence-electron chi connectivity index (χ0n) is 10.5. The fourth-order valence-corrected chi connectivity index (χ4v) is 3.82. The topological polar surface area (TPSA) is 58.2 Å². The molecule has 114 valence electrons. The van der Waals surface area contributed by atoms with Gasteiger partial charge in [0.15, 0.2) is 0 Å². The lowest BCUT2D eigenvalue weighted by Gasteiger charge is -2.07. The highest BCUT2D eigenvalue weighted by Gasteiger charge is 2.28. The van der Waals surface area contributed by atoms with Crippen molar-refractivity contribution in [3.8, 4) is 0 Å². The van der Waals surface area contributed by atoms with E-state index in [1.807, 2.05) is 4.72 Å². The van der Waals surface area contributed by atoms with Crippen LogP contribution in [0.1, 0.15) is 24.8 Å². The third-order valence-corrected chi connectivity index (χ3v) is 5.72. The van der Waals surface area contributed by atoms with E-state index in [1.165, 1.54) is 6.07 Å². The van der Waals surface area contributed by atoms with Gasteiger partial charge in [0, 0.05) is 19.1 Å². The fraction of sp³-hybridized carbons (Fsp3) is 0.636. The maximum atomic E-state index is 12.0. The second-order valence-corrected chi connectivity index (χ2v) is 7.60. The van der Waals surface area contributed by atoms with Crippen LogP contribution in [0.2, 0.25) is 0 Å². The minimum Gasteiger partial charge on any atom is -0.310 e. The molecule has 0 saturated heterocycles. The highest BCUT2D eigenvalue weighted by atomic mass is 32.2. The van der Waals surface area contributed by atoms with Crippen molar-refractivity contribution in [2.45, 2.75) is 42.2 Å². The van der Waals surface area contributed by atoms with Gasteiger partial charge in [-0.05, 0) is 29.9 Å². The van der Waals surface area contributed by atoms with Crippen LogP contribution in [0.15, 0.2) is 15.7 Å². The number of thiophene rings is 1. The quantitative estimate of drug-likeness (QED) is 0.807. The molecule has 1 aromatic heterocycles. The van der Waals surface area contributed by atoms with Crippen LogP contribution in [0, 0.1) is 0 Å². The van der Waals surface area contributed by atoms with Gasteiger partial charge < -0.3 is 5.32 Å². The molecule has 0 spiro atoms. The monoisotopic (exact) mass is 328 g/mol. The largest absolute Gasteiger partial charge is 0.390 e. The summed E-state index contributed by atoms with van der Waals surface area (Å²) in [5.74, 6) is 0. The Hall–Kier alpha value is -0.640. The van der Waals surface area contributed by atoms with Crippen LogP contribution >= 0.6 is 11.3 Å². The van der Waals surface area contributed by atoms with E-state index in [1.54, 1.807) is 5.38 Å². The number of halogens is 3. The standard InChI is InChI=1S/C11H15F3N2O2S2/c12-11(13,14)3-4-16-20(17,18)10-5-8(7-19-10)6-15-9-1-2-9/h5,7,9,15-16H,1-4,6H2. The van der Waals surface area contributed by atoms with Gasteiger partial charge in [0.2, 0.25) is 10.0 Å². The van der Waals surface area contributed by atoms with Crippen LogP contribution in [0.5, 0.6) is 0 Å². The molecule has 0 atom stereocenters. The van der Waals surface area contributed by atoms with Crippen LogP contribution in [-0.4, -0.2) is 27.2 Å². The Morgan fingerprint density at radius 3 is 2.65 bits per heavy atom. The predicted molar refractivity (Wildman–Crippen MR) is 70.0 cm³/mol. The van der Waals surface area contributed by atoms with Gasteiger partial charge in [-0.3, -0.25) is 0 Å². The molecule has 1 saturated carbocycles. The van der Waals surface area contributed by atoms with Gasteiger partial charge in [-0.15, -0.1) is 11.3 Å². The SMILES string of the molecule is O=S(=O)(NCCC(F)(F)F)c1cc(CNC2CC2)cs1. The van der Waals surface area contributed by atoms with Crippen molar-refractivity contribution >= 4 is 21.4 Å². The second-order valence-electron chi connectivity index (χ2n) is 4.69. The molecular formula is C11H15F3N2O2S2. The Labute approximate surface area is 119 Å². The summed E-state index contributed by atoms with van der Waals surface area (Å²) in [4.78, 5) is 0. The van der Waals surface area contributed by atoms with Crippen LogP contribution in [0.3, 0.4) is 0 Å². The molecular weight excluding hydrogens is 313 g/mol. The maximum Gasteiger partial charge on any atom is 0.390 e. The first kappa shape index (κ1) is 15.7. The normalized spacial score (nSPS) is 16.6. The van der Waals surface area contributed by atoms with Crippen LogP contribution in [-0.2, 0) is 16.6 Å². The molecule has 1 fully saturated rings. The number of alkyl halides is 3. The molecule has 0 aromatic carbocycles. The van der Waals surface area contributed by atoms with Gasteiger partial charge in [-0.25, -0.2) is 13.1 Å². The molecule has 0 bridgehead atoms. The first-order valence-corrected chi connectivity index (χ1v) is 8.50.